The van der Waals surface area contributed by atoms with Crippen LogP contribution in [0.5, 0.6) is 17.4 Å². The summed E-state index contributed by atoms with van der Waals surface area (Å²) in [5, 5.41) is 9.77. The second kappa shape index (κ2) is 10.2. The molecule has 168 valence electrons. The molecule has 1 aromatic heterocycles. The number of anilines is 1. The fourth-order valence-corrected chi connectivity index (χ4v) is 3.63. The van der Waals surface area contributed by atoms with Crippen molar-refractivity contribution in [3.05, 3.63) is 35.5 Å². The number of aliphatic imine (C=N–C) groups is 1. The van der Waals surface area contributed by atoms with Crippen LogP contribution in [0.25, 0.3) is 0 Å². The number of pyridine rings is 1. The standard InChI is InChI=1S/C22H31N5O4/c1-6-16-11-20(21(31-5)23-15(16)2)24-22(25-28)27-9-7-26(8-10-27)17-12-18(29-3)14-19(13-17)30-4/h11-14,28H,6-10H2,1-5H3,(H,24,25). The lowest BCUT2D eigenvalue weighted by atomic mass is 10.1. The molecule has 1 aliphatic rings. The Morgan fingerprint density at radius 2 is 1.68 bits per heavy atom. The first-order chi connectivity index (χ1) is 15.0. The van der Waals surface area contributed by atoms with Gasteiger partial charge in [-0.05, 0) is 25.0 Å². The van der Waals surface area contributed by atoms with Crippen molar-refractivity contribution in [3.63, 3.8) is 0 Å². The van der Waals surface area contributed by atoms with Gasteiger partial charge in [-0.2, -0.15) is 0 Å². The van der Waals surface area contributed by atoms with Crippen molar-refractivity contribution in [2.45, 2.75) is 20.3 Å². The molecule has 0 unspecified atom stereocenters. The van der Waals surface area contributed by atoms with Crippen molar-refractivity contribution in [1.82, 2.24) is 15.4 Å². The van der Waals surface area contributed by atoms with Crippen LogP contribution in [0.3, 0.4) is 0 Å². The van der Waals surface area contributed by atoms with Gasteiger partial charge in [0, 0.05) is 55.8 Å². The van der Waals surface area contributed by atoms with Gasteiger partial charge in [0.1, 0.15) is 17.2 Å². The molecule has 0 radical (unpaired) electrons. The van der Waals surface area contributed by atoms with Crippen LogP contribution in [-0.2, 0) is 6.42 Å². The van der Waals surface area contributed by atoms with E-state index in [0.717, 1.165) is 48.0 Å². The maximum atomic E-state index is 9.77. The van der Waals surface area contributed by atoms with Crippen molar-refractivity contribution in [2.75, 3.05) is 52.4 Å². The summed E-state index contributed by atoms with van der Waals surface area (Å²) in [6.45, 7) is 6.87. The second-order valence-corrected chi connectivity index (χ2v) is 7.21. The Hall–Kier alpha value is -3.20. The van der Waals surface area contributed by atoms with Gasteiger partial charge in [-0.15, -0.1) is 0 Å². The topological polar surface area (TPSA) is 91.7 Å². The van der Waals surface area contributed by atoms with Gasteiger partial charge in [0.2, 0.25) is 11.8 Å². The van der Waals surface area contributed by atoms with Gasteiger partial charge in [0.15, 0.2) is 0 Å². The number of nitrogens with zero attached hydrogens (tertiary/aromatic N) is 4. The van der Waals surface area contributed by atoms with Crippen LogP contribution in [0.4, 0.5) is 11.4 Å². The number of ether oxygens (including phenoxy) is 3. The van der Waals surface area contributed by atoms with Gasteiger partial charge < -0.3 is 24.0 Å². The van der Waals surface area contributed by atoms with E-state index in [1.807, 2.05) is 36.1 Å². The van der Waals surface area contributed by atoms with E-state index in [9.17, 15) is 5.21 Å². The number of hydroxylamine groups is 1. The molecule has 3 rings (SSSR count). The van der Waals surface area contributed by atoms with Crippen LogP contribution in [0.2, 0.25) is 0 Å². The Labute approximate surface area is 183 Å². The van der Waals surface area contributed by atoms with E-state index in [-0.39, 0.29) is 0 Å². The van der Waals surface area contributed by atoms with E-state index in [2.05, 4.69) is 27.3 Å². The normalized spacial score (nSPS) is 14.5. The van der Waals surface area contributed by atoms with E-state index < -0.39 is 0 Å². The predicted octanol–water partition coefficient (Wildman–Crippen LogP) is 2.77. The number of guanidine groups is 1. The monoisotopic (exact) mass is 429 g/mol. The highest BCUT2D eigenvalue weighted by molar-refractivity contribution is 5.83. The minimum atomic E-state index is 0.369. The van der Waals surface area contributed by atoms with Crippen molar-refractivity contribution in [1.29, 1.82) is 0 Å². The molecule has 2 heterocycles. The number of aromatic nitrogens is 1. The number of methoxy groups -OCH3 is 3. The first kappa shape index (κ1) is 22.5. The highest BCUT2D eigenvalue weighted by atomic mass is 16.5. The molecule has 0 atom stereocenters. The number of piperazine rings is 1. The third-order valence-electron chi connectivity index (χ3n) is 5.45. The number of aryl methyl sites for hydroxylation is 2. The van der Waals surface area contributed by atoms with Gasteiger partial charge in [-0.1, -0.05) is 6.92 Å². The lowest BCUT2D eigenvalue weighted by Crippen LogP contribution is -2.52. The molecule has 1 saturated heterocycles. The Bertz CT molecular complexity index is 904. The maximum Gasteiger partial charge on any atom is 0.240 e. The molecule has 0 saturated carbocycles. The zero-order chi connectivity index (χ0) is 22.4. The average Bonchev–Trinajstić information content (AvgIpc) is 2.82. The van der Waals surface area contributed by atoms with Crippen molar-refractivity contribution < 1.29 is 19.4 Å². The lowest BCUT2D eigenvalue weighted by Gasteiger charge is -2.37. The summed E-state index contributed by atoms with van der Waals surface area (Å²) in [7, 11) is 4.86. The fraction of sp³-hybridized carbons (Fsp3) is 0.455. The highest BCUT2D eigenvalue weighted by Gasteiger charge is 2.22. The number of hydrogen-bond acceptors (Lipinski definition) is 7. The minimum Gasteiger partial charge on any atom is -0.497 e. The van der Waals surface area contributed by atoms with Crippen molar-refractivity contribution >= 4 is 17.3 Å². The number of hydrogen-bond donors (Lipinski definition) is 2. The summed E-state index contributed by atoms with van der Waals surface area (Å²) in [4.78, 5) is 13.3. The number of rotatable bonds is 6. The third-order valence-corrected chi connectivity index (χ3v) is 5.45. The molecule has 2 aromatic rings. The van der Waals surface area contributed by atoms with Crippen molar-refractivity contribution in [2.24, 2.45) is 4.99 Å². The third kappa shape index (κ3) is 5.11. The molecule has 0 amide bonds. The molecule has 0 spiro atoms. The largest absolute Gasteiger partial charge is 0.497 e. The molecule has 1 aromatic carbocycles. The van der Waals surface area contributed by atoms with Crippen LogP contribution in [0, 0.1) is 6.92 Å². The van der Waals surface area contributed by atoms with E-state index in [4.69, 9.17) is 14.2 Å². The smallest absolute Gasteiger partial charge is 0.240 e. The summed E-state index contributed by atoms with van der Waals surface area (Å²) >= 11 is 0. The first-order valence-electron chi connectivity index (χ1n) is 10.3. The summed E-state index contributed by atoms with van der Waals surface area (Å²) in [5.74, 6) is 2.31. The van der Waals surface area contributed by atoms with Gasteiger partial charge >= 0.3 is 0 Å². The summed E-state index contributed by atoms with van der Waals surface area (Å²) in [6.07, 6.45) is 0.843. The molecule has 1 fully saturated rings. The van der Waals surface area contributed by atoms with E-state index in [0.29, 0.717) is 30.6 Å². The Morgan fingerprint density at radius 3 is 2.19 bits per heavy atom. The van der Waals surface area contributed by atoms with E-state index >= 15 is 0 Å². The summed E-state index contributed by atoms with van der Waals surface area (Å²) in [5.41, 5.74) is 5.87. The van der Waals surface area contributed by atoms with Gasteiger partial charge in [0.05, 0.1) is 21.3 Å². The van der Waals surface area contributed by atoms with Crippen molar-refractivity contribution in [3.8, 4) is 17.4 Å². The molecular formula is C22H31N5O4. The van der Waals surface area contributed by atoms with E-state index in [1.165, 1.54) is 0 Å². The molecular weight excluding hydrogens is 398 g/mol. The number of benzene rings is 1. The number of nitrogens with one attached hydrogen (secondary N) is 1. The quantitative estimate of drug-likeness (QED) is 0.412. The molecule has 1 aliphatic heterocycles. The van der Waals surface area contributed by atoms with Crippen LogP contribution in [0.1, 0.15) is 18.2 Å². The lowest BCUT2D eigenvalue weighted by molar-refractivity contribution is 0.207. The zero-order valence-corrected chi connectivity index (χ0v) is 18.8. The minimum absolute atomic E-state index is 0.369. The predicted molar refractivity (Wildman–Crippen MR) is 120 cm³/mol. The van der Waals surface area contributed by atoms with E-state index in [1.54, 1.807) is 21.3 Å². The summed E-state index contributed by atoms with van der Waals surface area (Å²) in [6, 6.07) is 7.80. The molecule has 9 nitrogen and oxygen atoms in total. The fourth-order valence-electron chi connectivity index (χ4n) is 3.63. The molecule has 2 N–H and O–H groups in total. The Morgan fingerprint density at radius 1 is 1.03 bits per heavy atom. The zero-order valence-electron chi connectivity index (χ0n) is 18.8. The van der Waals surface area contributed by atoms with Gasteiger partial charge in [0.25, 0.3) is 0 Å². The molecule has 0 bridgehead atoms. The summed E-state index contributed by atoms with van der Waals surface area (Å²) < 4.78 is 16.2. The highest BCUT2D eigenvalue weighted by Crippen LogP contribution is 2.30. The SMILES string of the molecule is CCc1cc(N=C(NO)N2CCN(c3cc(OC)cc(OC)c3)CC2)c(OC)nc1C. The Kier molecular flexibility index (Phi) is 7.41. The van der Waals surface area contributed by atoms with Crippen LogP contribution in [-0.4, -0.2) is 68.6 Å². The van der Waals surface area contributed by atoms with Crippen LogP contribution < -0.4 is 24.6 Å². The molecule has 31 heavy (non-hydrogen) atoms. The average molecular weight is 430 g/mol. The first-order valence-corrected chi connectivity index (χ1v) is 10.3. The van der Waals surface area contributed by atoms with Crippen LogP contribution >= 0.6 is 0 Å². The van der Waals surface area contributed by atoms with Crippen LogP contribution in [0.15, 0.2) is 29.3 Å². The maximum absolute atomic E-state index is 9.77. The Balaban J connectivity index is 1.78. The van der Waals surface area contributed by atoms with Gasteiger partial charge in [-0.25, -0.2) is 15.5 Å². The van der Waals surface area contributed by atoms with Gasteiger partial charge in [-0.3, -0.25) is 5.21 Å². The molecule has 0 aliphatic carbocycles. The second-order valence-electron chi connectivity index (χ2n) is 7.21. The molecule has 9 heteroatoms.